The first kappa shape index (κ1) is 20.6. The summed E-state index contributed by atoms with van der Waals surface area (Å²) in [4.78, 5) is 20.7. The molecule has 0 radical (unpaired) electrons. The molecule has 0 spiro atoms. The Bertz CT molecular complexity index is 1240. The number of rotatable bonds is 6. The van der Waals surface area contributed by atoms with E-state index < -0.39 is 0 Å². The molecule has 3 heterocycles. The lowest BCUT2D eigenvalue weighted by molar-refractivity contribution is -0.116. The first-order chi connectivity index (χ1) is 15.7. The summed E-state index contributed by atoms with van der Waals surface area (Å²) < 4.78 is 0. The molecule has 7 heteroatoms. The monoisotopic (exact) mass is 458 g/mol. The number of hydrogen-bond acceptors (Lipinski definition) is 4. The van der Waals surface area contributed by atoms with Crippen LogP contribution in [0.25, 0.3) is 10.8 Å². The quantitative estimate of drug-likeness (QED) is 0.384. The first-order valence-corrected chi connectivity index (χ1v) is 11.8. The molecular weight excluding hydrogens is 436 g/mol. The number of aromatic nitrogens is 1. The molecule has 32 heavy (non-hydrogen) atoms. The van der Waals surface area contributed by atoms with Crippen LogP contribution in [0.1, 0.15) is 29.1 Å². The number of nitrogens with one attached hydrogen (secondary N) is 2. The third kappa shape index (κ3) is 4.09. The number of carbonyl (C=O) groups excluding carboxylic acids is 1. The van der Waals surface area contributed by atoms with Crippen LogP contribution in [-0.4, -0.2) is 27.4 Å². The van der Waals surface area contributed by atoms with Crippen molar-refractivity contribution in [1.29, 1.82) is 0 Å². The van der Waals surface area contributed by atoms with Gasteiger partial charge in [0.15, 0.2) is 5.11 Å². The minimum absolute atomic E-state index is 0.00255. The second-order valence-electron chi connectivity index (χ2n) is 7.66. The molecule has 4 aromatic rings. The molecule has 5 rings (SSSR count). The van der Waals surface area contributed by atoms with Crippen molar-refractivity contribution in [3.63, 3.8) is 0 Å². The van der Waals surface area contributed by atoms with Gasteiger partial charge in [0.2, 0.25) is 5.91 Å². The van der Waals surface area contributed by atoms with E-state index in [1.165, 1.54) is 4.88 Å². The Balaban J connectivity index is 1.33. The molecule has 0 unspecified atom stereocenters. The fourth-order valence-electron chi connectivity index (χ4n) is 4.18. The van der Waals surface area contributed by atoms with Gasteiger partial charge in [-0.05, 0) is 47.2 Å². The molecule has 1 saturated heterocycles. The van der Waals surface area contributed by atoms with Crippen molar-refractivity contribution in [2.24, 2.45) is 0 Å². The maximum atomic E-state index is 12.9. The van der Waals surface area contributed by atoms with Crippen molar-refractivity contribution in [3.05, 3.63) is 94.9 Å². The van der Waals surface area contributed by atoms with Gasteiger partial charge in [-0.3, -0.25) is 9.78 Å². The molecule has 2 atom stereocenters. The maximum absolute atomic E-state index is 12.9. The van der Waals surface area contributed by atoms with Gasteiger partial charge >= 0.3 is 0 Å². The van der Waals surface area contributed by atoms with Gasteiger partial charge in [-0.15, -0.1) is 11.3 Å². The third-order valence-corrected chi connectivity index (χ3v) is 6.97. The molecule has 1 aliphatic heterocycles. The second-order valence-corrected chi connectivity index (χ2v) is 9.03. The van der Waals surface area contributed by atoms with Gasteiger partial charge in [-0.2, -0.15) is 0 Å². The number of pyridine rings is 1. The standard InChI is InChI=1S/C25H22N4OS2/c30-22(27-19-11-5-8-17-7-1-2-9-18(17)19)13-15-29-24(21-12-6-16-32-21)23(28-25(29)31)20-10-3-4-14-26-20/h1-12,14,16,23-24H,13,15H2,(H,27,30)(H,28,31)/t23-,24+/m0/s1. The molecular formula is C25H22N4OS2. The minimum atomic E-state index is -0.0523. The smallest absolute Gasteiger partial charge is 0.226 e. The topological polar surface area (TPSA) is 57.3 Å². The lowest BCUT2D eigenvalue weighted by Crippen LogP contribution is -2.32. The molecule has 2 N–H and O–H groups in total. The number of fused-ring (bicyclic) bond motifs is 1. The zero-order chi connectivity index (χ0) is 21.9. The van der Waals surface area contributed by atoms with Gasteiger partial charge in [0, 0.05) is 35.1 Å². The molecule has 1 aliphatic rings. The van der Waals surface area contributed by atoms with E-state index in [2.05, 4.69) is 32.0 Å². The lowest BCUT2D eigenvalue weighted by Gasteiger charge is -2.26. The molecule has 1 fully saturated rings. The summed E-state index contributed by atoms with van der Waals surface area (Å²) in [7, 11) is 0. The van der Waals surface area contributed by atoms with Crippen LogP contribution >= 0.6 is 23.6 Å². The van der Waals surface area contributed by atoms with E-state index in [0.717, 1.165) is 22.2 Å². The van der Waals surface area contributed by atoms with E-state index in [4.69, 9.17) is 12.2 Å². The Morgan fingerprint density at radius 3 is 2.72 bits per heavy atom. The van der Waals surface area contributed by atoms with Crippen LogP contribution in [0.2, 0.25) is 0 Å². The Hall–Kier alpha value is -3.29. The van der Waals surface area contributed by atoms with Crippen LogP contribution in [-0.2, 0) is 4.79 Å². The fraction of sp³-hybridized carbons (Fsp3) is 0.160. The van der Waals surface area contributed by atoms with Crippen molar-refractivity contribution < 1.29 is 4.79 Å². The summed E-state index contributed by atoms with van der Waals surface area (Å²) in [6.07, 6.45) is 2.13. The van der Waals surface area contributed by atoms with Gasteiger partial charge in [-0.1, -0.05) is 48.5 Å². The summed E-state index contributed by atoms with van der Waals surface area (Å²) in [5, 5.41) is 11.4. The van der Waals surface area contributed by atoms with Gasteiger partial charge in [0.1, 0.15) is 0 Å². The normalized spacial score (nSPS) is 18.0. The Morgan fingerprint density at radius 1 is 1.06 bits per heavy atom. The number of benzene rings is 2. The average molecular weight is 459 g/mol. The number of thiocarbonyl (C=S) groups is 1. The third-order valence-electron chi connectivity index (χ3n) is 5.68. The van der Waals surface area contributed by atoms with Crippen molar-refractivity contribution >= 4 is 51.0 Å². The number of carbonyl (C=O) groups is 1. The van der Waals surface area contributed by atoms with Gasteiger partial charge in [0.05, 0.1) is 17.8 Å². The van der Waals surface area contributed by atoms with E-state index in [-0.39, 0.29) is 18.0 Å². The highest BCUT2D eigenvalue weighted by Crippen LogP contribution is 2.40. The average Bonchev–Trinajstić information content (AvgIpc) is 3.46. The van der Waals surface area contributed by atoms with Gasteiger partial charge < -0.3 is 15.5 Å². The summed E-state index contributed by atoms with van der Waals surface area (Å²) in [5.41, 5.74) is 1.77. The van der Waals surface area contributed by atoms with E-state index >= 15 is 0 Å². The van der Waals surface area contributed by atoms with Crippen molar-refractivity contribution in [1.82, 2.24) is 15.2 Å². The highest BCUT2D eigenvalue weighted by Gasteiger charge is 2.40. The molecule has 0 saturated carbocycles. The summed E-state index contributed by atoms with van der Waals surface area (Å²) in [6, 6.07) is 24.0. The maximum Gasteiger partial charge on any atom is 0.226 e. The van der Waals surface area contributed by atoms with E-state index in [0.29, 0.717) is 18.1 Å². The number of thiophene rings is 1. The highest BCUT2D eigenvalue weighted by molar-refractivity contribution is 7.80. The Kier molecular flexibility index (Phi) is 5.83. The van der Waals surface area contributed by atoms with Crippen molar-refractivity contribution in [2.45, 2.75) is 18.5 Å². The SMILES string of the molecule is O=C(CCN1C(=S)N[C@@H](c2ccccn2)[C@H]1c1cccs1)Nc1cccc2ccccc12. The second kappa shape index (κ2) is 9.06. The molecule has 2 aromatic carbocycles. The Labute approximate surface area is 196 Å². The van der Waals surface area contributed by atoms with Gasteiger partial charge in [-0.25, -0.2) is 0 Å². The molecule has 5 nitrogen and oxygen atoms in total. The van der Waals surface area contributed by atoms with Crippen molar-refractivity contribution in [3.8, 4) is 0 Å². The van der Waals surface area contributed by atoms with Crippen LogP contribution in [0.5, 0.6) is 0 Å². The first-order valence-electron chi connectivity index (χ1n) is 10.5. The molecule has 0 aliphatic carbocycles. The Morgan fingerprint density at radius 2 is 1.91 bits per heavy atom. The number of anilines is 1. The van der Waals surface area contributed by atoms with Crippen LogP contribution in [0.3, 0.4) is 0 Å². The van der Waals surface area contributed by atoms with E-state index in [1.54, 1.807) is 17.5 Å². The zero-order valence-electron chi connectivity index (χ0n) is 17.3. The van der Waals surface area contributed by atoms with Crippen LogP contribution in [0.4, 0.5) is 5.69 Å². The summed E-state index contributed by atoms with van der Waals surface area (Å²) in [5.74, 6) is -0.0321. The number of amides is 1. The molecule has 160 valence electrons. The van der Waals surface area contributed by atoms with Gasteiger partial charge in [0.25, 0.3) is 0 Å². The van der Waals surface area contributed by atoms with Crippen LogP contribution in [0.15, 0.2) is 84.4 Å². The van der Waals surface area contributed by atoms with Crippen LogP contribution < -0.4 is 10.6 Å². The lowest BCUT2D eigenvalue weighted by atomic mass is 10.0. The summed E-state index contributed by atoms with van der Waals surface area (Å²) in [6.45, 7) is 0.522. The number of hydrogen-bond donors (Lipinski definition) is 2. The van der Waals surface area contributed by atoms with Crippen LogP contribution in [0, 0.1) is 0 Å². The predicted octanol–water partition coefficient (Wildman–Crippen LogP) is 5.30. The number of nitrogens with zero attached hydrogens (tertiary/aromatic N) is 2. The van der Waals surface area contributed by atoms with Crippen molar-refractivity contribution in [2.75, 3.05) is 11.9 Å². The molecule has 2 aromatic heterocycles. The van der Waals surface area contributed by atoms with E-state index in [9.17, 15) is 4.79 Å². The van der Waals surface area contributed by atoms with E-state index in [1.807, 2.05) is 66.7 Å². The fourth-order valence-corrected chi connectivity index (χ4v) is 5.39. The largest absolute Gasteiger partial charge is 0.352 e. The zero-order valence-corrected chi connectivity index (χ0v) is 18.9. The highest BCUT2D eigenvalue weighted by atomic mass is 32.1. The predicted molar refractivity (Wildman–Crippen MR) is 134 cm³/mol. The minimum Gasteiger partial charge on any atom is -0.352 e. The summed E-state index contributed by atoms with van der Waals surface area (Å²) >= 11 is 7.37. The molecule has 1 amide bonds. The molecule has 0 bridgehead atoms.